The Morgan fingerprint density at radius 1 is 1.33 bits per heavy atom. The van der Waals surface area contributed by atoms with Crippen LogP contribution in [0.4, 0.5) is 0 Å². The van der Waals surface area contributed by atoms with E-state index in [0.717, 1.165) is 19.3 Å². The largest absolute Gasteiger partial charge is 0.480 e. The maximum atomic E-state index is 11.7. The van der Waals surface area contributed by atoms with E-state index in [1.807, 2.05) is 0 Å². The van der Waals surface area contributed by atoms with Crippen LogP contribution in [0.3, 0.4) is 0 Å². The molecule has 0 radical (unpaired) electrons. The second-order valence-corrected chi connectivity index (χ2v) is 3.72. The Morgan fingerprint density at radius 3 is 2.87 bits per heavy atom. The number of hydrogen-bond acceptors (Lipinski definition) is 4. The number of carbonyl (C=O) groups is 1. The van der Waals surface area contributed by atoms with Gasteiger partial charge in [0, 0.05) is 18.8 Å². The van der Waals surface area contributed by atoms with Crippen molar-refractivity contribution >= 4 is 5.78 Å². The number of carbonyl (C=O) groups excluding carboxylic acids is 1. The molecule has 1 fully saturated rings. The SMILES string of the molecule is COc1nccnc1C1CCCCC1=O. The van der Waals surface area contributed by atoms with E-state index in [4.69, 9.17) is 4.74 Å². The number of hydrogen-bond donors (Lipinski definition) is 0. The van der Waals surface area contributed by atoms with E-state index in [2.05, 4.69) is 9.97 Å². The molecule has 0 saturated heterocycles. The predicted molar refractivity (Wildman–Crippen MR) is 54.8 cm³/mol. The number of rotatable bonds is 2. The summed E-state index contributed by atoms with van der Waals surface area (Å²) in [5.74, 6) is 0.639. The van der Waals surface area contributed by atoms with E-state index in [1.54, 1.807) is 19.5 Å². The Bertz CT molecular complexity index is 365. The van der Waals surface area contributed by atoms with Gasteiger partial charge in [0.05, 0.1) is 13.0 Å². The number of ether oxygens (including phenoxy) is 1. The lowest BCUT2D eigenvalue weighted by molar-refractivity contribution is -0.122. The van der Waals surface area contributed by atoms with Crippen molar-refractivity contribution < 1.29 is 9.53 Å². The number of nitrogens with zero attached hydrogens (tertiary/aromatic N) is 2. The average Bonchev–Trinajstić information content (AvgIpc) is 2.30. The fourth-order valence-electron chi connectivity index (χ4n) is 2.00. The molecule has 4 heteroatoms. The molecule has 1 unspecified atom stereocenters. The zero-order valence-corrected chi connectivity index (χ0v) is 8.77. The van der Waals surface area contributed by atoms with Crippen molar-refractivity contribution in [2.45, 2.75) is 31.6 Å². The first-order chi connectivity index (χ1) is 7.33. The van der Waals surface area contributed by atoms with Crippen LogP contribution in [-0.4, -0.2) is 22.9 Å². The van der Waals surface area contributed by atoms with E-state index >= 15 is 0 Å². The molecule has 1 heterocycles. The molecule has 80 valence electrons. The molecule has 0 aliphatic heterocycles. The van der Waals surface area contributed by atoms with Gasteiger partial charge in [-0.05, 0) is 12.8 Å². The van der Waals surface area contributed by atoms with Crippen LogP contribution in [0.1, 0.15) is 37.3 Å². The number of aromatic nitrogens is 2. The van der Waals surface area contributed by atoms with Gasteiger partial charge in [0.15, 0.2) is 0 Å². The van der Waals surface area contributed by atoms with E-state index in [-0.39, 0.29) is 11.7 Å². The zero-order valence-electron chi connectivity index (χ0n) is 8.77. The minimum atomic E-state index is -0.109. The first kappa shape index (κ1) is 10.1. The molecule has 4 nitrogen and oxygen atoms in total. The average molecular weight is 206 g/mol. The van der Waals surface area contributed by atoms with Crippen molar-refractivity contribution in [1.29, 1.82) is 0 Å². The smallest absolute Gasteiger partial charge is 0.236 e. The van der Waals surface area contributed by atoms with Crippen molar-refractivity contribution in [3.63, 3.8) is 0 Å². The highest BCUT2D eigenvalue weighted by molar-refractivity contribution is 5.86. The molecule has 1 atom stereocenters. The first-order valence-electron chi connectivity index (χ1n) is 5.20. The van der Waals surface area contributed by atoms with Crippen LogP contribution in [0.15, 0.2) is 12.4 Å². The van der Waals surface area contributed by atoms with Gasteiger partial charge in [-0.3, -0.25) is 9.78 Å². The molecule has 2 rings (SSSR count). The lowest BCUT2D eigenvalue weighted by Gasteiger charge is -2.20. The van der Waals surface area contributed by atoms with E-state index < -0.39 is 0 Å². The summed E-state index contributed by atoms with van der Waals surface area (Å²) in [6, 6.07) is 0. The topological polar surface area (TPSA) is 52.1 Å². The van der Waals surface area contributed by atoms with Crippen molar-refractivity contribution in [1.82, 2.24) is 9.97 Å². The third kappa shape index (κ3) is 1.98. The summed E-state index contributed by atoms with van der Waals surface area (Å²) in [6.07, 6.45) is 6.79. The molecule has 1 aliphatic carbocycles. The molecule has 15 heavy (non-hydrogen) atoms. The first-order valence-corrected chi connectivity index (χ1v) is 5.20. The predicted octanol–water partition coefficient (Wildman–Crippen LogP) is 1.71. The van der Waals surface area contributed by atoms with Gasteiger partial charge < -0.3 is 4.74 Å². The van der Waals surface area contributed by atoms with Crippen molar-refractivity contribution in [3.8, 4) is 5.88 Å². The van der Waals surface area contributed by atoms with E-state index in [1.165, 1.54) is 0 Å². The molecule has 1 saturated carbocycles. The van der Waals surface area contributed by atoms with Crippen molar-refractivity contribution in [2.24, 2.45) is 0 Å². The molecular weight excluding hydrogens is 192 g/mol. The van der Waals surface area contributed by atoms with Crippen LogP contribution in [0.5, 0.6) is 5.88 Å². The number of Topliss-reactive ketones (excluding diaryl/α,β-unsaturated/α-hetero) is 1. The Balaban J connectivity index is 2.30. The second-order valence-electron chi connectivity index (χ2n) is 3.72. The molecule has 0 N–H and O–H groups in total. The van der Waals surface area contributed by atoms with Crippen molar-refractivity contribution in [2.75, 3.05) is 7.11 Å². The fraction of sp³-hybridized carbons (Fsp3) is 0.545. The fourth-order valence-corrected chi connectivity index (χ4v) is 2.00. The molecular formula is C11H14N2O2. The number of methoxy groups -OCH3 is 1. The van der Waals surface area contributed by atoms with Crippen LogP contribution in [-0.2, 0) is 4.79 Å². The molecule has 1 aliphatic rings. The summed E-state index contributed by atoms with van der Waals surface area (Å²) < 4.78 is 5.12. The van der Waals surface area contributed by atoms with Crippen LogP contribution in [0.25, 0.3) is 0 Å². The minimum absolute atomic E-state index is 0.109. The standard InChI is InChI=1S/C11H14N2O2/c1-15-11-10(12-6-7-13-11)8-4-2-3-5-9(8)14/h6-8H,2-5H2,1H3. The highest BCUT2D eigenvalue weighted by Crippen LogP contribution is 2.32. The normalized spacial score (nSPS) is 21.4. The van der Waals surface area contributed by atoms with Gasteiger partial charge in [-0.15, -0.1) is 0 Å². The van der Waals surface area contributed by atoms with Gasteiger partial charge in [0.2, 0.25) is 5.88 Å². The van der Waals surface area contributed by atoms with Crippen molar-refractivity contribution in [3.05, 3.63) is 18.1 Å². The second kappa shape index (κ2) is 4.38. The Hall–Kier alpha value is -1.45. The number of ketones is 1. The maximum absolute atomic E-state index is 11.7. The highest BCUT2D eigenvalue weighted by Gasteiger charge is 2.28. The Labute approximate surface area is 88.7 Å². The maximum Gasteiger partial charge on any atom is 0.236 e. The highest BCUT2D eigenvalue weighted by atomic mass is 16.5. The van der Waals surface area contributed by atoms with Gasteiger partial charge in [-0.25, -0.2) is 4.98 Å². The van der Waals surface area contributed by atoms with Gasteiger partial charge in [0.25, 0.3) is 0 Å². The van der Waals surface area contributed by atoms with Gasteiger partial charge in [-0.2, -0.15) is 0 Å². The van der Waals surface area contributed by atoms with Crippen LogP contribution < -0.4 is 4.74 Å². The summed E-state index contributed by atoms with van der Waals surface area (Å²) >= 11 is 0. The van der Waals surface area contributed by atoms with Gasteiger partial charge >= 0.3 is 0 Å². The summed E-state index contributed by atoms with van der Waals surface area (Å²) in [5, 5.41) is 0. The lowest BCUT2D eigenvalue weighted by Crippen LogP contribution is -2.19. The lowest BCUT2D eigenvalue weighted by atomic mass is 9.85. The monoisotopic (exact) mass is 206 g/mol. The third-order valence-electron chi connectivity index (χ3n) is 2.77. The molecule has 0 spiro atoms. The summed E-state index contributed by atoms with van der Waals surface area (Å²) in [5.41, 5.74) is 0.699. The van der Waals surface area contributed by atoms with Crippen LogP contribution >= 0.6 is 0 Å². The zero-order chi connectivity index (χ0) is 10.7. The molecule has 0 amide bonds. The third-order valence-corrected chi connectivity index (χ3v) is 2.77. The van der Waals surface area contributed by atoms with Gasteiger partial charge in [0.1, 0.15) is 11.5 Å². The quantitative estimate of drug-likeness (QED) is 0.739. The van der Waals surface area contributed by atoms with Gasteiger partial charge in [-0.1, -0.05) is 6.42 Å². The minimum Gasteiger partial charge on any atom is -0.480 e. The van der Waals surface area contributed by atoms with E-state index in [0.29, 0.717) is 18.0 Å². The summed E-state index contributed by atoms with van der Waals surface area (Å²) in [7, 11) is 1.56. The van der Waals surface area contributed by atoms with Crippen LogP contribution in [0.2, 0.25) is 0 Å². The Kier molecular flexibility index (Phi) is 2.94. The summed E-state index contributed by atoms with van der Waals surface area (Å²) in [6.45, 7) is 0. The Morgan fingerprint density at radius 2 is 2.13 bits per heavy atom. The van der Waals surface area contributed by atoms with Crippen LogP contribution in [0, 0.1) is 0 Å². The molecule has 1 aromatic rings. The molecule has 0 aromatic carbocycles. The van der Waals surface area contributed by atoms with E-state index in [9.17, 15) is 4.79 Å². The molecule has 0 bridgehead atoms. The molecule has 1 aromatic heterocycles. The summed E-state index contributed by atoms with van der Waals surface area (Å²) in [4.78, 5) is 20.0.